The third kappa shape index (κ3) is 2.66. The first-order valence-electron chi connectivity index (χ1n) is 8.23. The minimum absolute atomic E-state index is 0.0156. The van der Waals surface area contributed by atoms with Crippen LogP contribution in [0.2, 0.25) is 0 Å². The lowest BCUT2D eigenvalue weighted by Gasteiger charge is -2.35. The van der Waals surface area contributed by atoms with E-state index in [0.29, 0.717) is 11.3 Å². The van der Waals surface area contributed by atoms with Gasteiger partial charge < -0.3 is 9.42 Å². The van der Waals surface area contributed by atoms with Gasteiger partial charge in [0.2, 0.25) is 0 Å². The second-order valence-electron chi connectivity index (χ2n) is 6.22. The average Bonchev–Trinajstić information content (AvgIpc) is 3.25. The molecule has 0 bridgehead atoms. The molecule has 1 atom stereocenters. The molecule has 0 radical (unpaired) electrons. The van der Waals surface area contributed by atoms with E-state index in [-0.39, 0.29) is 11.9 Å². The van der Waals surface area contributed by atoms with Crippen LogP contribution in [-0.2, 0) is 6.54 Å². The van der Waals surface area contributed by atoms with Gasteiger partial charge in [0.15, 0.2) is 0 Å². The number of rotatable bonds is 3. The maximum atomic E-state index is 13.0. The Labute approximate surface area is 139 Å². The molecule has 0 unspecified atom stereocenters. The van der Waals surface area contributed by atoms with Crippen LogP contribution in [0.4, 0.5) is 0 Å². The summed E-state index contributed by atoms with van der Waals surface area (Å²) in [6.45, 7) is 3.34. The van der Waals surface area contributed by atoms with Gasteiger partial charge in [-0.2, -0.15) is 5.10 Å². The van der Waals surface area contributed by atoms with E-state index in [0.717, 1.165) is 43.4 Å². The smallest absolute Gasteiger partial charge is 0.257 e. The third-order valence-electron chi connectivity index (χ3n) is 4.60. The van der Waals surface area contributed by atoms with Gasteiger partial charge in [-0.15, -0.1) is 0 Å². The molecule has 1 aliphatic heterocycles. The molecule has 3 aromatic heterocycles. The van der Waals surface area contributed by atoms with Crippen LogP contribution in [0.1, 0.15) is 35.3 Å². The molecule has 24 heavy (non-hydrogen) atoms. The van der Waals surface area contributed by atoms with Gasteiger partial charge in [0.1, 0.15) is 0 Å². The van der Waals surface area contributed by atoms with Gasteiger partial charge in [0.05, 0.1) is 29.2 Å². The number of aromatic nitrogens is 4. The standard InChI is InChI=1S/C17H19N5O2/c1-12-15-9-13(10-18-16(15)24-20-12)17(23)22-8-3-2-5-14(22)11-21-7-4-6-19-21/h4,6-7,9-10,14H,2-3,5,8,11H2,1H3/t14-/m1/s1. The van der Waals surface area contributed by atoms with Crippen LogP contribution >= 0.6 is 0 Å². The van der Waals surface area contributed by atoms with Crippen molar-refractivity contribution in [1.82, 2.24) is 24.8 Å². The van der Waals surface area contributed by atoms with Gasteiger partial charge in [-0.05, 0) is 38.3 Å². The zero-order chi connectivity index (χ0) is 16.5. The summed E-state index contributed by atoms with van der Waals surface area (Å²) in [5.74, 6) is 0.0156. The van der Waals surface area contributed by atoms with Crippen molar-refractivity contribution in [1.29, 1.82) is 0 Å². The number of aryl methyl sites for hydroxylation is 1. The maximum Gasteiger partial charge on any atom is 0.257 e. The highest BCUT2D eigenvalue weighted by Crippen LogP contribution is 2.23. The lowest BCUT2D eigenvalue weighted by atomic mass is 10.0. The van der Waals surface area contributed by atoms with Gasteiger partial charge in [0.25, 0.3) is 11.6 Å². The van der Waals surface area contributed by atoms with Crippen LogP contribution in [0.3, 0.4) is 0 Å². The minimum Gasteiger partial charge on any atom is -0.336 e. The van der Waals surface area contributed by atoms with E-state index in [2.05, 4.69) is 15.2 Å². The van der Waals surface area contributed by atoms with Crippen molar-refractivity contribution < 1.29 is 9.32 Å². The van der Waals surface area contributed by atoms with Crippen molar-refractivity contribution in [3.63, 3.8) is 0 Å². The molecule has 7 heteroatoms. The molecule has 3 aromatic rings. The molecule has 0 saturated carbocycles. The molecular formula is C17H19N5O2. The zero-order valence-corrected chi connectivity index (χ0v) is 13.6. The second-order valence-corrected chi connectivity index (χ2v) is 6.22. The number of carbonyl (C=O) groups is 1. The predicted molar refractivity (Wildman–Crippen MR) is 87.4 cm³/mol. The first kappa shape index (κ1) is 14.9. The molecule has 124 valence electrons. The number of fused-ring (bicyclic) bond motifs is 1. The molecule has 1 saturated heterocycles. The lowest BCUT2D eigenvalue weighted by Crippen LogP contribution is -2.46. The van der Waals surface area contributed by atoms with Crippen molar-refractivity contribution in [2.75, 3.05) is 6.54 Å². The van der Waals surface area contributed by atoms with E-state index in [9.17, 15) is 4.79 Å². The maximum absolute atomic E-state index is 13.0. The number of hydrogen-bond acceptors (Lipinski definition) is 5. The highest BCUT2D eigenvalue weighted by Gasteiger charge is 2.28. The number of amides is 1. The summed E-state index contributed by atoms with van der Waals surface area (Å²) in [6, 6.07) is 3.89. The Morgan fingerprint density at radius 2 is 2.33 bits per heavy atom. The fourth-order valence-corrected chi connectivity index (χ4v) is 3.31. The molecule has 0 aliphatic carbocycles. The lowest BCUT2D eigenvalue weighted by molar-refractivity contribution is 0.0583. The van der Waals surface area contributed by atoms with Gasteiger partial charge in [0, 0.05) is 25.1 Å². The van der Waals surface area contributed by atoms with Crippen molar-refractivity contribution in [2.45, 2.75) is 38.8 Å². The molecule has 7 nitrogen and oxygen atoms in total. The van der Waals surface area contributed by atoms with Crippen LogP contribution in [0.5, 0.6) is 0 Å². The molecule has 1 fully saturated rings. The quantitative estimate of drug-likeness (QED) is 0.739. The highest BCUT2D eigenvalue weighted by atomic mass is 16.5. The molecule has 4 heterocycles. The number of piperidine rings is 1. The number of hydrogen-bond donors (Lipinski definition) is 0. The first-order valence-corrected chi connectivity index (χ1v) is 8.23. The Morgan fingerprint density at radius 1 is 1.42 bits per heavy atom. The number of likely N-dealkylation sites (tertiary alicyclic amines) is 1. The normalized spacial score (nSPS) is 18.2. The Hall–Kier alpha value is -2.70. The Balaban J connectivity index is 1.61. The van der Waals surface area contributed by atoms with Crippen LogP contribution < -0.4 is 0 Å². The van der Waals surface area contributed by atoms with E-state index in [4.69, 9.17) is 4.52 Å². The molecule has 0 N–H and O–H groups in total. The van der Waals surface area contributed by atoms with Crippen molar-refractivity contribution in [3.05, 3.63) is 42.0 Å². The van der Waals surface area contributed by atoms with E-state index >= 15 is 0 Å². The highest BCUT2D eigenvalue weighted by molar-refractivity contribution is 5.97. The van der Waals surface area contributed by atoms with Gasteiger partial charge in [-0.1, -0.05) is 5.16 Å². The average molecular weight is 325 g/mol. The summed E-state index contributed by atoms with van der Waals surface area (Å²) in [6.07, 6.45) is 8.44. The van der Waals surface area contributed by atoms with Gasteiger partial charge in [-0.25, -0.2) is 4.98 Å². The summed E-state index contributed by atoms with van der Waals surface area (Å²) in [4.78, 5) is 19.2. The van der Waals surface area contributed by atoms with E-state index in [1.807, 2.05) is 34.8 Å². The van der Waals surface area contributed by atoms with Gasteiger partial charge in [-0.3, -0.25) is 9.48 Å². The van der Waals surface area contributed by atoms with E-state index < -0.39 is 0 Å². The predicted octanol–water partition coefficient (Wildman–Crippen LogP) is 2.42. The SMILES string of the molecule is Cc1noc2ncc(C(=O)N3CCCC[C@@H]3Cn3cccn3)cc12. The van der Waals surface area contributed by atoms with Crippen molar-refractivity contribution >= 4 is 17.0 Å². The number of carbonyl (C=O) groups excluding carboxylic acids is 1. The van der Waals surface area contributed by atoms with Crippen LogP contribution in [-0.4, -0.2) is 43.3 Å². The van der Waals surface area contributed by atoms with Gasteiger partial charge >= 0.3 is 0 Å². The van der Waals surface area contributed by atoms with E-state index in [1.165, 1.54) is 0 Å². The molecule has 0 aromatic carbocycles. The Morgan fingerprint density at radius 3 is 3.17 bits per heavy atom. The first-order chi connectivity index (χ1) is 11.7. The molecular weight excluding hydrogens is 306 g/mol. The second kappa shape index (κ2) is 6.07. The summed E-state index contributed by atoms with van der Waals surface area (Å²) in [5, 5.41) is 8.96. The summed E-state index contributed by atoms with van der Waals surface area (Å²) >= 11 is 0. The molecule has 1 amide bonds. The number of pyridine rings is 1. The summed E-state index contributed by atoms with van der Waals surface area (Å²) < 4.78 is 7.01. The molecule has 1 aliphatic rings. The Bertz CT molecular complexity index is 855. The van der Waals surface area contributed by atoms with E-state index in [1.54, 1.807) is 12.4 Å². The fourth-order valence-electron chi connectivity index (χ4n) is 3.31. The van der Waals surface area contributed by atoms with Crippen LogP contribution in [0.15, 0.2) is 35.2 Å². The molecule has 0 spiro atoms. The van der Waals surface area contributed by atoms with Crippen LogP contribution in [0.25, 0.3) is 11.1 Å². The summed E-state index contributed by atoms with van der Waals surface area (Å²) in [5.41, 5.74) is 1.80. The zero-order valence-electron chi connectivity index (χ0n) is 13.6. The van der Waals surface area contributed by atoms with Crippen molar-refractivity contribution in [3.8, 4) is 0 Å². The largest absolute Gasteiger partial charge is 0.336 e. The Kier molecular flexibility index (Phi) is 3.76. The summed E-state index contributed by atoms with van der Waals surface area (Å²) in [7, 11) is 0. The van der Waals surface area contributed by atoms with Crippen molar-refractivity contribution in [2.24, 2.45) is 0 Å². The monoisotopic (exact) mass is 325 g/mol. The molecule has 4 rings (SSSR count). The fraction of sp³-hybridized carbons (Fsp3) is 0.412. The third-order valence-corrected chi connectivity index (χ3v) is 4.60. The van der Waals surface area contributed by atoms with Crippen LogP contribution in [0, 0.1) is 6.92 Å². The minimum atomic E-state index is 0.0156. The topological polar surface area (TPSA) is 77.0 Å². The number of nitrogens with zero attached hydrogens (tertiary/aromatic N) is 5.